The molecule has 25 heavy (non-hydrogen) atoms. The van der Waals surface area contributed by atoms with Gasteiger partial charge in [-0.3, -0.25) is 4.98 Å². The summed E-state index contributed by atoms with van der Waals surface area (Å²) < 4.78 is 22.1. The van der Waals surface area contributed by atoms with E-state index in [4.69, 9.17) is 18.9 Å². The molecular weight excluding hydrogens is 320 g/mol. The first-order chi connectivity index (χ1) is 12.4. The summed E-state index contributed by atoms with van der Waals surface area (Å²) in [6, 6.07) is 4.00. The zero-order valence-electron chi connectivity index (χ0n) is 15.8. The van der Waals surface area contributed by atoms with E-state index in [1.54, 1.807) is 6.20 Å². The second-order valence-electron chi connectivity index (χ2n) is 5.65. The molecule has 1 aromatic heterocycles. The molecule has 6 heteroatoms. The van der Waals surface area contributed by atoms with E-state index >= 15 is 0 Å². The molecule has 0 spiro atoms. The van der Waals surface area contributed by atoms with Crippen molar-refractivity contribution in [3.63, 3.8) is 0 Å². The van der Waals surface area contributed by atoms with Gasteiger partial charge in [-0.15, -0.1) is 0 Å². The average Bonchev–Trinajstić information content (AvgIpc) is 2.65. The average molecular weight is 354 g/mol. The third kappa shape index (κ3) is 11.9. The molecule has 144 valence electrons. The maximum atomic E-state index is 5.66. The fraction of sp³-hybridized carbons (Fsp3) is 0.737. The molecule has 0 aliphatic heterocycles. The second-order valence-corrected chi connectivity index (χ2v) is 5.65. The van der Waals surface area contributed by atoms with Crippen LogP contribution in [0.4, 0.5) is 5.69 Å². The van der Waals surface area contributed by atoms with E-state index in [9.17, 15) is 0 Å². The van der Waals surface area contributed by atoms with Crippen LogP contribution in [-0.4, -0.2) is 70.9 Å². The van der Waals surface area contributed by atoms with E-state index in [1.165, 1.54) is 0 Å². The number of pyridine rings is 1. The van der Waals surface area contributed by atoms with Crippen LogP contribution in [0, 0.1) is 0 Å². The molecule has 6 nitrogen and oxygen atoms in total. The van der Waals surface area contributed by atoms with Crippen molar-refractivity contribution < 1.29 is 18.9 Å². The van der Waals surface area contributed by atoms with Gasteiger partial charge in [0.1, 0.15) is 0 Å². The maximum absolute atomic E-state index is 5.66. The number of nitrogens with zero attached hydrogens (tertiary/aromatic N) is 2. The maximum Gasteiger partial charge on any atom is 0.0701 e. The third-order valence-electron chi connectivity index (χ3n) is 3.46. The van der Waals surface area contributed by atoms with E-state index in [1.807, 2.05) is 12.3 Å². The van der Waals surface area contributed by atoms with Gasteiger partial charge in [0.05, 0.1) is 51.5 Å². The Morgan fingerprint density at radius 3 is 1.72 bits per heavy atom. The molecule has 0 N–H and O–H groups in total. The lowest BCUT2D eigenvalue weighted by Gasteiger charge is -2.24. The fourth-order valence-corrected chi connectivity index (χ4v) is 2.19. The van der Waals surface area contributed by atoms with Crippen molar-refractivity contribution in [2.24, 2.45) is 0 Å². The SMILES string of the molecule is CCCOCCOCCN(CCOCCOCCC)c1cccnc1. The zero-order valence-corrected chi connectivity index (χ0v) is 15.8. The minimum Gasteiger partial charge on any atom is -0.379 e. The highest BCUT2D eigenvalue weighted by Crippen LogP contribution is 2.10. The highest BCUT2D eigenvalue weighted by molar-refractivity contribution is 5.43. The van der Waals surface area contributed by atoms with E-state index in [2.05, 4.69) is 29.8 Å². The minimum atomic E-state index is 0.631. The van der Waals surface area contributed by atoms with Gasteiger partial charge in [0.15, 0.2) is 0 Å². The molecule has 0 saturated heterocycles. The van der Waals surface area contributed by atoms with Crippen LogP contribution < -0.4 is 4.90 Å². The van der Waals surface area contributed by atoms with E-state index in [0.29, 0.717) is 39.6 Å². The normalized spacial score (nSPS) is 11.0. The number of hydrogen-bond donors (Lipinski definition) is 0. The van der Waals surface area contributed by atoms with Crippen LogP contribution in [0.25, 0.3) is 0 Å². The van der Waals surface area contributed by atoms with E-state index < -0.39 is 0 Å². The minimum absolute atomic E-state index is 0.631. The molecule has 0 aromatic carbocycles. The van der Waals surface area contributed by atoms with Gasteiger partial charge in [-0.2, -0.15) is 0 Å². The number of hydrogen-bond acceptors (Lipinski definition) is 6. The number of rotatable bonds is 17. The topological polar surface area (TPSA) is 53.1 Å². The van der Waals surface area contributed by atoms with Crippen LogP contribution in [0.3, 0.4) is 0 Å². The first-order valence-corrected chi connectivity index (χ1v) is 9.34. The van der Waals surface area contributed by atoms with Gasteiger partial charge in [0.2, 0.25) is 0 Å². The summed E-state index contributed by atoms with van der Waals surface area (Å²) in [5, 5.41) is 0. The number of anilines is 1. The van der Waals surface area contributed by atoms with Crippen molar-refractivity contribution in [2.75, 3.05) is 70.8 Å². The first kappa shape index (κ1) is 21.8. The lowest BCUT2D eigenvalue weighted by molar-refractivity contribution is 0.0459. The van der Waals surface area contributed by atoms with Crippen molar-refractivity contribution in [1.29, 1.82) is 0 Å². The van der Waals surface area contributed by atoms with Gasteiger partial charge in [-0.25, -0.2) is 0 Å². The summed E-state index contributed by atoms with van der Waals surface area (Å²) in [6.07, 6.45) is 5.73. The Hall–Kier alpha value is -1.21. The molecule has 0 saturated carbocycles. The Morgan fingerprint density at radius 1 is 0.760 bits per heavy atom. The quantitative estimate of drug-likeness (QED) is 0.401. The van der Waals surface area contributed by atoms with Crippen molar-refractivity contribution in [1.82, 2.24) is 4.98 Å². The van der Waals surface area contributed by atoms with Crippen LogP contribution in [0.1, 0.15) is 26.7 Å². The fourth-order valence-electron chi connectivity index (χ4n) is 2.19. The first-order valence-electron chi connectivity index (χ1n) is 9.34. The summed E-state index contributed by atoms with van der Waals surface area (Å²) >= 11 is 0. The van der Waals surface area contributed by atoms with Crippen molar-refractivity contribution in [3.8, 4) is 0 Å². The van der Waals surface area contributed by atoms with Crippen molar-refractivity contribution in [3.05, 3.63) is 24.5 Å². The smallest absolute Gasteiger partial charge is 0.0701 e. The number of ether oxygens (including phenoxy) is 4. The molecule has 0 amide bonds. The number of aromatic nitrogens is 1. The third-order valence-corrected chi connectivity index (χ3v) is 3.46. The molecule has 1 heterocycles. The molecule has 0 unspecified atom stereocenters. The van der Waals surface area contributed by atoms with Crippen LogP contribution in [0.5, 0.6) is 0 Å². The monoisotopic (exact) mass is 354 g/mol. The predicted molar refractivity (Wildman–Crippen MR) is 100 cm³/mol. The predicted octanol–water partition coefficient (Wildman–Crippen LogP) is 2.77. The Balaban J connectivity index is 2.21. The van der Waals surface area contributed by atoms with Gasteiger partial charge in [-0.1, -0.05) is 13.8 Å². The molecule has 1 rings (SSSR count). The zero-order chi connectivity index (χ0) is 18.0. The standard InChI is InChI=1S/C19H34N2O4/c1-3-10-22-14-16-24-12-8-21(19-6-5-7-20-18-19)9-13-25-17-15-23-11-4-2/h5-7,18H,3-4,8-17H2,1-2H3. The van der Waals surface area contributed by atoms with Crippen LogP contribution in [0.15, 0.2) is 24.5 Å². The Labute approximate surface area is 152 Å². The summed E-state index contributed by atoms with van der Waals surface area (Å²) in [5.41, 5.74) is 1.08. The second kappa shape index (κ2) is 16.3. The molecule has 0 aliphatic rings. The summed E-state index contributed by atoms with van der Waals surface area (Å²) in [5.74, 6) is 0. The Morgan fingerprint density at radius 2 is 1.28 bits per heavy atom. The van der Waals surface area contributed by atoms with Crippen molar-refractivity contribution in [2.45, 2.75) is 26.7 Å². The van der Waals surface area contributed by atoms with Crippen molar-refractivity contribution >= 4 is 5.69 Å². The largest absolute Gasteiger partial charge is 0.379 e. The summed E-state index contributed by atoms with van der Waals surface area (Å²) in [4.78, 5) is 6.43. The molecule has 0 aliphatic carbocycles. The Kier molecular flexibility index (Phi) is 14.2. The van der Waals surface area contributed by atoms with E-state index in [-0.39, 0.29) is 0 Å². The summed E-state index contributed by atoms with van der Waals surface area (Å²) in [7, 11) is 0. The molecule has 0 fully saturated rings. The molecule has 0 radical (unpaired) electrons. The molecule has 1 aromatic rings. The van der Waals surface area contributed by atoms with Crippen LogP contribution in [0.2, 0.25) is 0 Å². The summed E-state index contributed by atoms with van der Waals surface area (Å²) in [6.45, 7) is 11.3. The van der Waals surface area contributed by atoms with Gasteiger partial charge in [0, 0.05) is 32.5 Å². The van der Waals surface area contributed by atoms with Crippen LogP contribution >= 0.6 is 0 Å². The lowest BCUT2D eigenvalue weighted by Crippen LogP contribution is -2.31. The lowest BCUT2D eigenvalue weighted by atomic mass is 10.3. The molecule has 0 atom stereocenters. The van der Waals surface area contributed by atoms with E-state index in [0.717, 1.165) is 44.8 Å². The highest BCUT2D eigenvalue weighted by Gasteiger charge is 2.06. The highest BCUT2D eigenvalue weighted by atomic mass is 16.5. The van der Waals surface area contributed by atoms with Crippen LogP contribution in [-0.2, 0) is 18.9 Å². The molecule has 0 bridgehead atoms. The van der Waals surface area contributed by atoms with Gasteiger partial charge < -0.3 is 23.8 Å². The van der Waals surface area contributed by atoms with Gasteiger partial charge >= 0.3 is 0 Å². The van der Waals surface area contributed by atoms with Gasteiger partial charge in [0.25, 0.3) is 0 Å². The Bertz CT molecular complexity index is 374. The molecular formula is C19H34N2O4. The van der Waals surface area contributed by atoms with Gasteiger partial charge in [-0.05, 0) is 25.0 Å².